The molecule has 16 heavy (non-hydrogen) atoms. The molecule has 0 bridgehead atoms. The monoisotopic (exact) mass is 303 g/mol. The summed E-state index contributed by atoms with van der Waals surface area (Å²) in [6.45, 7) is 2.01. The van der Waals surface area contributed by atoms with Gasteiger partial charge < -0.3 is 5.32 Å². The molecular weight excluding hydrogens is 290 g/mol. The summed E-state index contributed by atoms with van der Waals surface area (Å²) in [6.07, 6.45) is 0.706. The minimum atomic E-state index is -2.81. The van der Waals surface area contributed by atoms with Crippen molar-refractivity contribution in [2.75, 3.05) is 16.8 Å². The van der Waals surface area contributed by atoms with Crippen molar-refractivity contribution in [3.8, 4) is 0 Å². The highest BCUT2D eigenvalue weighted by atomic mass is 79.9. The molecule has 0 aromatic heterocycles. The van der Waals surface area contributed by atoms with Gasteiger partial charge in [-0.05, 0) is 37.1 Å². The van der Waals surface area contributed by atoms with Gasteiger partial charge in [-0.3, -0.25) is 0 Å². The van der Waals surface area contributed by atoms with E-state index in [0.717, 1.165) is 15.7 Å². The fourth-order valence-corrected chi connectivity index (χ4v) is 3.80. The van der Waals surface area contributed by atoms with Gasteiger partial charge >= 0.3 is 0 Å². The smallest absolute Gasteiger partial charge is 0.152 e. The molecule has 1 unspecified atom stereocenters. The molecule has 0 saturated carbocycles. The Hall–Kier alpha value is -0.550. The van der Waals surface area contributed by atoms with Crippen LogP contribution in [0, 0.1) is 6.92 Å². The number of hydrogen-bond acceptors (Lipinski definition) is 3. The Morgan fingerprint density at radius 3 is 2.75 bits per heavy atom. The van der Waals surface area contributed by atoms with E-state index in [0.29, 0.717) is 12.2 Å². The van der Waals surface area contributed by atoms with E-state index >= 15 is 0 Å². The molecule has 3 nitrogen and oxygen atoms in total. The summed E-state index contributed by atoms with van der Waals surface area (Å²) in [4.78, 5) is 0. The second-order valence-corrected chi connectivity index (χ2v) is 7.29. The molecule has 1 aromatic rings. The van der Waals surface area contributed by atoms with Crippen LogP contribution in [0.4, 0.5) is 5.69 Å². The number of anilines is 1. The summed E-state index contributed by atoms with van der Waals surface area (Å²) in [7, 11) is -2.81. The van der Waals surface area contributed by atoms with E-state index in [2.05, 4.69) is 21.2 Å². The molecule has 88 valence electrons. The Labute approximate surface area is 104 Å². The zero-order valence-corrected chi connectivity index (χ0v) is 11.4. The van der Waals surface area contributed by atoms with E-state index in [9.17, 15) is 8.42 Å². The number of sulfone groups is 1. The van der Waals surface area contributed by atoms with E-state index in [1.54, 1.807) is 0 Å². The lowest BCUT2D eigenvalue weighted by Gasteiger charge is -2.13. The number of rotatable bonds is 2. The standard InChI is InChI=1S/C11H14BrNO2S/c1-8-6-9(2-3-11(8)12)13-10-4-5-16(14,15)7-10/h2-3,6,10,13H,4-5,7H2,1H3. The van der Waals surface area contributed by atoms with Gasteiger partial charge in [0.15, 0.2) is 9.84 Å². The third kappa shape index (κ3) is 2.77. The topological polar surface area (TPSA) is 46.2 Å². The van der Waals surface area contributed by atoms with Crippen LogP contribution in [-0.4, -0.2) is 26.0 Å². The molecule has 2 rings (SSSR count). The van der Waals surface area contributed by atoms with E-state index < -0.39 is 9.84 Å². The zero-order valence-electron chi connectivity index (χ0n) is 9.03. The Morgan fingerprint density at radius 1 is 1.44 bits per heavy atom. The SMILES string of the molecule is Cc1cc(NC2CCS(=O)(=O)C2)ccc1Br. The van der Waals surface area contributed by atoms with Gasteiger partial charge in [0.2, 0.25) is 0 Å². The third-order valence-corrected chi connectivity index (χ3v) is 5.42. The molecule has 0 spiro atoms. The number of nitrogens with one attached hydrogen (secondary N) is 1. The number of aryl methyl sites for hydroxylation is 1. The van der Waals surface area contributed by atoms with Crippen molar-refractivity contribution in [1.29, 1.82) is 0 Å². The summed E-state index contributed by atoms with van der Waals surface area (Å²) in [6, 6.07) is 6.02. The molecule has 1 aromatic carbocycles. The number of benzene rings is 1. The second kappa shape index (κ2) is 4.37. The van der Waals surface area contributed by atoms with Crippen molar-refractivity contribution in [3.05, 3.63) is 28.2 Å². The van der Waals surface area contributed by atoms with E-state index in [1.807, 2.05) is 25.1 Å². The molecule has 1 N–H and O–H groups in total. The number of hydrogen-bond donors (Lipinski definition) is 1. The molecule has 0 radical (unpaired) electrons. The van der Waals surface area contributed by atoms with Crippen LogP contribution in [0.25, 0.3) is 0 Å². The van der Waals surface area contributed by atoms with Crippen LogP contribution in [0.2, 0.25) is 0 Å². The third-order valence-electron chi connectivity index (χ3n) is 2.76. The van der Waals surface area contributed by atoms with Gasteiger partial charge in [-0.2, -0.15) is 0 Å². The predicted octanol–water partition coefficient (Wildman–Crippen LogP) is 2.36. The summed E-state index contributed by atoms with van der Waals surface area (Å²) < 4.78 is 23.7. The van der Waals surface area contributed by atoms with Gasteiger partial charge in [0, 0.05) is 16.2 Å². The average molecular weight is 304 g/mol. The highest BCUT2D eigenvalue weighted by Gasteiger charge is 2.27. The van der Waals surface area contributed by atoms with Gasteiger partial charge in [0.1, 0.15) is 0 Å². The minimum Gasteiger partial charge on any atom is -0.381 e. The van der Waals surface area contributed by atoms with E-state index in [4.69, 9.17) is 0 Å². The van der Waals surface area contributed by atoms with E-state index in [-0.39, 0.29) is 11.8 Å². The predicted molar refractivity (Wildman–Crippen MR) is 69.6 cm³/mol. The Kier molecular flexibility index (Phi) is 3.26. The molecule has 5 heteroatoms. The van der Waals surface area contributed by atoms with Gasteiger partial charge in [-0.25, -0.2) is 8.42 Å². The average Bonchev–Trinajstić information content (AvgIpc) is 2.52. The van der Waals surface area contributed by atoms with Crippen LogP contribution < -0.4 is 5.32 Å². The first-order valence-corrected chi connectivity index (χ1v) is 7.81. The molecule has 1 saturated heterocycles. The van der Waals surface area contributed by atoms with Crippen molar-refractivity contribution >= 4 is 31.5 Å². The van der Waals surface area contributed by atoms with Gasteiger partial charge in [-0.15, -0.1) is 0 Å². The Morgan fingerprint density at radius 2 is 2.19 bits per heavy atom. The summed E-state index contributed by atoms with van der Waals surface area (Å²) in [5.41, 5.74) is 2.13. The van der Waals surface area contributed by atoms with Gasteiger partial charge in [0.25, 0.3) is 0 Å². The van der Waals surface area contributed by atoms with Crippen LogP contribution in [0.15, 0.2) is 22.7 Å². The molecular formula is C11H14BrNO2S. The first kappa shape index (κ1) is 11.9. The lowest BCUT2D eigenvalue weighted by molar-refractivity contribution is 0.602. The maximum absolute atomic E-state index is 11.3. The second-order valence-electron chi connectivity index (χ2n) is 4.21. The molecule has 0 amide bonds. The first-order valence-electron chi connectivity index (χ1n) is 5.19. The first-order chi connectivity index (χ1) is 7.46. The van der Waals surface area contributed by atoms with Crippen molar-refractivity contribution < 1.29 is 8.42 Å². The van der Waals surface area contributed by atoms with Crippen LogP contribution in [-0.2, 0) is 9.84 Å². The maximum Gasteiger partial charge on any atom is 0.152 e. The molecule has 1 aliphatic rings. The zero-order chi connectivity index (χ0) is 11.8. The van der Waals surface area contributed by atoms with Crippen molar-refractivity contribution in [2.45, 2.75) is 19.4 Å². The molecule has 0 aliphatic carbocycles. The fraction of sp³-hybridized carbons (Fsp3) is 0.455. The maximum atomic E-state index is 11.3. The van der Waals surface area contributed by atoms with Crippen LogP contribution >= 0.6 is 15.9 Å². The fourth-order valence-electron chi connectivity index (χ4n) is 1.88. The van der Waals surface area contributed by atoms with Gasteiger partial charge in [0.05, 0.1) is 11.5 Å². The van der Waals surface area contributed by atoms with Crippen molar-refractivity contribution in [1.82, 2.24) is 0 Å². The molecule has 1 atom stereocenters. The highest BCUT2D eigenvalue weighted by Crippen LogP contribution is 2.22. The number of halogens is 1. The van der Waals surface area contributed by atoms with Crippen molar-refractivity contribution in [2.24, 2.45) is 0 Å². The molecule has 1 aliphatic heterocycles. The van der Waals surface area contributed by atoms with Gasteiger partial charge in [-0.1, -0.05) is 15.9 Å². The Balaban J connectivity index is 2.08. The molecule has 1 heterocycles. The minimum absolute atomic E-state index is 0.0607. The molecule has 1 fully saturated rings. The lowest BCUT2D eigenvalue weighted by atomic mass is 10.2. The largest absolute Gasteiger partial charge is 0.381 e. The van der Waals surface area contributed by atoms with Crippen molar-refractivity contribution in [3.63, 3.8) is 0 Å². The summed E-state index contributed by atoms with van der Waals surface area (Å²) >= 11 is 3.44. The quantitative estimate of drug-likeness (QED) is 0.912. The van der Waals surface area contributed by atoms with E-state index in [1.165, 1.54) is 0 Å². The lowest BCUT2D eigenvalue weighted by Crippen LogP contribution is -2.20. The van der Waals surface area contributed by atoms with Crippen LogP contribution in [0.5, 0.6) is 0 Å². The van der Waals surface area contributed by atoms with Crippen LogP contribution in [0.3, 0.4) is 0 Å². The summed E-state index contributed by atoms with van der Waals surface area (Å²) in [5.74, 6) is 0.558. The van der Waals surface area contributed by atoms with Crippen LogP contribution in [0.1, 0.15) is 12.0 Å². The highest BCUT2D eigenvalue weighted by molar-refractivity contribution is 9.10. The summed E-state index contributed by atoms with van der Waals surface area (Å²) in [5, 5.41) is 3.26. The Bertz CT molecular complexity index is 499. The normalized spacial score (nSPS) is 23.2.